The number of carbonyl (C=O) groups is 2. The van der Waals surface area contributed by atoms with Gasteiger partial charge in [-0.05, 0) is 24.8 Å². The zero-order valence-electron chi connectivity index (χ0n) is 12.5. The molecule has 21 heavy (non-hydrogen) atoms. The number of carboxylic acid groups (broad SMARTS) is 1. The predicted octanol–water partition coefficient (Wildman–Crippen LogP) is 2.50. The van der Waals surface area contributed by atoms with E-state index in [1.165, 1.54) is 0 Å². The number of aliphatic carboxylic acids is 1. The maximum Gasteiger partial charge on any atom is 0.317 e. The molecule has 2 unspecified atom stereocenters. The number of amides is 2. The van der Waals surface area contributed by atoms with Gasteiger partial charge in [0.2, 0.25) is 0 Å². The molecule has 0 aromatic heterocycles. The molecule has 1 aromatic carbocycles. The minimum absolute atomic E-state index is 0.0980. The van der Waals surface area contributed by atoms with Crippen LogP contribution in [0.1, 0.15) is 31.9 Å². The van der Waals surface area contributed by atoms with Crippen LogP contribution in [0.4, 0.5) is 4.79 Å². The monoisotopic (exact) mass is 290 g/mol. The van der Waals surface area contributed by atoms with Gasteiger partial charge in [0.15, 0.2) is 0 Å². The molecule has 1 aliphatic heterocycles. The number of nitrogens with one attached hydrogen (secondary N) is 1. The van der Waals surface area contributed by atoms with E-state index in [9.17, 15) is 9.59 Å². The molecule has 5 heteroatoms. The molecule has 0 bridgehead atoms. The molecule has 1 aromatic rings. The van der Waals surface area contributed by atoms with Gasteiger partial charge in [0.25, 0.3) is 0 Å². The maximum absolute atomic E-state index is 12.3. The Bertz CT molecular complexity index is 504. The molecule has 114 valence electrons. The number of urea groups is 1. The van der Waals surface area contributed by atoms with Crippen LogP contribution in [-0.2, 0) is 4.79 Å². The highest BCUT2D eigenvalue weighted by Gasteiger charge is 2.32. The van der Waals surface area contributed by atoms with E-state index in [-0.39, 0.29) is 24.5 Å². The summed E-state index contributed by atoms with van der Waals surface area (Å²) in [5, 5.41) is 12.1. The zero-order chi connectivity index (χ0) is 15.4. The van der Waals surface area contributed by atoms with Gasteiger partial charge in [0.1, 0.15) is 0 Å². The number of piperidine rings is 1. The molecule has 2 N–H and O–H groups in total. The van der Waals surface area contributed by atoms with E-state index >= 15 is 0 Å². The predicted molar refractivity (Wildman–Crippen MR) is 79.9 cm³/mol. The zero-order valence-corrected chi connectivity index (χ0v) is 12.5. The fourth-order valence-electron chi connectivity index (χ4n) is 2.80. The van der Waals surface area contributed by atoms with Gasteiger partial charge in [-0.15, -0.1) is 0 Å². The standard InChI is InChI=1S/C16H22N2O3/c1-11-8-14(15(19)20)10-18(9-11)16(21)17-12(2)13-6-4-3-5-7-13/h3-7,11-12,14H,8-10H2,1-2H3,(H,17,21)(H,19,20)/t11?,12-,14?/m0/s1. The Balaban J connectivity index is 1.98. The van der Waals surface area contributed by atoms with Crippen molar-refractivity contribution in [3.05, 3.63) is 35.9 Å². The van der Waals surface area contributed by atoms with Gasteiger partial charge in [0, 0.05) is 13.1 Å². The Morgan fingerprint density at radius 2 is 1.95 bits per heavy atom. The molecular weight excluding hydrogens is 268 g/mol. The lowest BCUT2D eigenvalue weighted by Gasteiger charge is -2.35. The van der Waals surface area contributed by atoms with E-state index in [4.69, 9.17) is 5.11 Å². The summed E-state index contributed by atoms with van der Waals surface area (Å²) in [6, 6.07) is 9.43. The molecule has 1 aliphatic rings. The van der Waals surface area contributed by atoms with Crippen molar-refractivity contribution < 1.29 is 14.7 Å². The molecule has 1 saturated heterocycles. The summed E-state index contributed by atoms with van der Waals surface area (Å²) < 4.78 is 0. The third-order valence-electron chi connectivity index (χ3n) is 3.94. The van der Waals surface area contributed by atoms with E-state index in [1.54, 1.807) is 4.90 Å². The number of hydrogen-bond acceptors (Lipinski definition) is 2. The Kier molecular flexibility index (Phi) is 4.83. The Labute approximate surface area is 125 Å². The maximum atomic E-state index is 12.3. The van der Waals surface area contributed by atoms with Crippen LogP contribution >= 0.6 is 0 Å². The van der Waals surface area contributed by atoms with Crippen molar-refractivity contribution in [3.8, 4) is 0 Å². The molecular formula is C16H22N2O3. The summed E-state index contributed by atoms with van der Waals surface area (Å²) in [6.07, 6.45) is 0.632. The number of benzene rings is 1. The summed E-state index contributed by atoms with van der Waals surface area (Å²) in [4.78, 5) is 25.1. The first-order valence-corrected chi connectivity index (χ1v) is 7.30. The van der Waals surface area contributed by atoms with Crippen molar-refractivity contribution in [1.82, 2.24) is 10.2 Å². The van der Waals surface area contributed by atoms with Gasteiger partial charge in [0.05, 0.1) is 12.0 Å². The van der Waals surface area contributed by atoms with Gasteiger partial charge in [-0.3, -0.25) is 4.79 Å². The molecule has 2 rings (SSSR count). The van der Waals surface area contributed by atoms with E-state index in [0.29, 0.717) is 13.0 Å². The lowest BCUT2D eigenvalue weighted by atomic mass is 9.91. The highest BCUT2D eigenvalue weighted by atomic mass is 16.4. The lowest BCUT2D eigenvalue weighted by molar-refractivity contribution is -0.143. The van der Waals surface area contributed by atoms with Crippen LogP contribution in [0.3, 0.4) is 0 Å². The van der Waals surface area contributed by atoms with Crippen molar-refractivity contribution in [2.24, 2.45) is 11.8 Å². The van der Waals surface area contributed by atoms with Crippen LogP contribution in [0.2, 0.25) is 0 Å². The van der Waals surface area contributed by atoms with Gasteiger partial charge < -0.3 is 15.3 Å². The van der Waals surface area contributed by atoms with E-state index in [2.05, 4.69) is 5.32 Å². The number of carboxylic acids is 1. The third-order valence-corrected chi connectivity index (χ3v) is 3.94. The first kappa shape index (κ1) is 15.4. The highest BCUT2D eigenvalue weighted by molar-refractivity contribution is 5.77. The van der Waals surface area contributed by atoms with Crippen LogP contribution in [0.25, 0.3) is 0 Å². The van der Waals surface area contributed by atoms with Gasteiger partial charge >= 0.3 is 12.0 Å². The molecule has 0 aliphatic carbocycles. The summed E-state index contributed by atoms with van der Waals surface area (Å²) in [5.74, 6) is -1.08. The van der Waals surface area contributed by atoms with E-state index in [1.807, 2.05) is 44.2 Å². The van der Waals surface area contributed by atoms with Crippen LogP contribution in [0.5, 0.6) is 0 Å². The first-order valence-electron chi connectivity index (χ1n) is 7.30. The van der Waals surface area contributed by atoms with Crippen molar-refractivity contribution in [2.75, 3.05) is 13.1 Å². The van der Waals surface area contributed by atoms with Gasteiger partial charge in [-0.25, -0.2) is 4.79 Å². The second kappa shape index (κ2) is 6.61. The minimum atomic E-state index is -0.824. The van der Waals surface area contributed by atoms with Crippen molar-refractivity contribution in [2.45, 2.75) is 26.3 Å². The average molecular weight is 290 g/mol. The van der Waals surface area contributed by atoms with E-state index in [0.717, 1.165) is 5.56 Å². The number of nitrogens with zero attached hydrogens (tertiary/aromatic N) is 1. The number of hydrogen-bond donors (Lipinski definition) is 2. The third kappa shape index (κ3) is 3.97. The van der Waals surface area contributed by atoms with Crippen molar-refractivity contribution >= 4 is 12.0 Å². The van der Waals surface area contributed by atoms with Gasteiger partial charge in [-0.2, -0.15) is 0 Å². The number of likely N-dealkylation sites (tertiary alicyclic amines) is 1. The molecule has 2 amide bonds. The molecule has 1 fully saturated rings. The summed E-state index contributed by atoms with van der Waals surface area (Å²) >= 11 is 0. The largest absolute Gasteiger partial charge is 0.481 e. The number of rotatable bonds is 3. The first-order chi connectivity index (χ1) is 9.97. The molecule has 3 atom stereocenters. The molecule has 0 spiro atoms. The number of carbonyl (C=O) groups excluding carboxylic acids is 1. The molecule has 1 heterocycles. The highest BCUT2D eigenvalue weighted by Crippen LogP contribution is 2.22. The molecule has 0 radical (unpaired) electrons. The molecule has 5 nitrogen and oxygen atoms in total. The average Bonchev–Trinajstić information content (AvgIpc) is 2.47. The quantitative estimate of drug-likeness (QED) is 0.898. The van der Waals surface area contributed by atoms with Crippen LogP contribution < -0.4 is 5.32 Å². The Hall–Kier alpha value is -2.04. The Morgan fingerprint density at radius 1 is 1.29 bits per heavy atom. The fraction of sp³-hybridized carbons (Fsp3) is 0.500. The topological polar surface area (TPSA) is 69.6 Å². The fourth-order valence-corrected chi connectivity index (χ4v) is 2.80. The molecule has 0 saturated carbocycles. The van der Waals surface area contributed by atoms with E-state index < -0.39 is 11.9 Å². The van der Waals surface area contributed by atoms with Crippen molar-refractivity contribution in [1.29, 1.82) is 0 Å². The summed E-state index contributed by atoms with van der Waals surface area (Å²) in [6.45, 7) is 4.80. The van der Waals surface area contributed by atoms with Crippen LogP contribution in [0, 0.1) is 11.8 Å². The SMILES string of the molecule is CC1CC(C(=O)O)CN(C(=O)N[C@@H](C)c2ccccc2)C1. The smallest absolute Gasteiger partial charge is 0.317 e. The van der Waals surface area contributed by atoms with Gasteiger partial charge in [-0.1, -0.05) is 37.3 Å². The minimum Gasteiger partial charge on any atom is -0.481 e. The van der Waals surface area contributed by atoms with Crippen LogP contribution in [-0.4, -0.2) is 35.1 Å². The second-order valence-electron chi connectivity index (χ2n) is 5.86. The normalized spacial score (nSPS) is 23.4. The summed E-state index contributed by atoms with van der Waals surface area (Å²) in [7, 11) is 0. The van der Waals surface area contributed by atoms with Crippen LogP contribution in [0.15, 0.2) is 30.3 Å². The second-order valence-corrected chi connectivity index (χ2v) is 5.86. The Morgan fingerprint density at radius 3 is 2.57 bits per heavy atom. The van der Waals surface area contributed by atoms with Crippen molar-refractivity contribution in [3.63, 3.8) is 0 Å². The summed E-state index contributed by atoms with van der Waals surface area (Å²) in [5.41, 5.74) is 1.03. The lowest BCUT2D eigenvalue weighted by Crippen LogP contribution is -2.49.